The average molecular weight is 527 g/mol. The number of aryl methyl sites for hydroxylation is 1. The van der Waals surface area contributed by atoms with Crippen molar-refractivity contribution >= 4 is 33.2 Å². The fraction of sp³-hybridized carbons (Fsp3) is 0.444. The molecule has 0 N–H and O–H groups in total. The van der Waals surface area contributed by atoms with Gasteiger partial charge in [-0.25, -0.2) is 19.3 Å². The highest BCUT2D eigenvalue weighted by Crippen LogP contribution is 2.64. The lowest BCUT2D eigenvalue weighted by Crippen LogP contribution is -2.59. The Bertz CT molecular complexity index is 1720. The van der Waals surface area contributed by atoms with E-state index in [1.54, 1.807) is 10.8 Å². The van der Waals surface area contributed by atoms with Crippen LogP contribution in [0.15, 0.2) is 36.7 Å². The van der Waals surface area contributed by atoms with Crippen LogP contribution in [0.4, 0.5) is 0 Å². The first-order valence-electron chi connectivity index (χ1n) is 13.1. The second-order valence-corrected chi connectivity index (χ2v) is 12.4. The lowest BCUT2D eigenvalue weighted by molar-refractivity contribution is -0.0784. The minimum atomic E-state index is -0.346. The molecular formula is C27H26N8O2S. The van der Waals surface area contributed by atoms with Gasteiger partial charge in [0.1, 0.15) is 16.0 Å². The second kappa shape index (κ2) is 7.66. The van der Waals surface area contributed by atoms with Crippen molar-refractivity contribution in [3.8, 4) is 11.4 Å². The van der Waals surface area contributed by atoms with E-state index >= 15 is 0 Å². The maximum atomic E-state index is 12.3. The Kier molecular flexibility index (Phi) is 4.49. The summed E-state index contributed by atoms with van der Waals surface area (Å²) < 4.78 is 6.78. The van der Waals surface area contributed by atoms with Crippen molar-refractivity contribution in [3.63, 3.8) is 0 Å². The second-order valence-electron chi connectivity index (χ2n) is 11.4. The maximum absolute atomic E-state index is 12.3. The van der Waals surface area contributed by atoms with Crippen molar-refractivity contribution in [1.29, 1.82) is 0 Å². The number of carbonyl (C=O) groups is 1. The van der Waals surface area contributed by atoms with Gasteiger partial charge in [0.2, 0.25) is 5.82 Å². The number of tetrazole rings is 1. The Morgan fingerprint density at radius 2 is 1.89 bits per heavy atom. The van der Waals surface area contributed by atoms with Crippen molar-refractivity contribution in [2.45, 2.75) is 56.4 Å². The van der Waals surface area contributed by atoms with E-state index in [1.165, 1.54) is 24.9 Å². The van der Waals surface area contributed by atoms with Gasteiger partial charge < -0.3 is 4.74 Å². The molecule has 2 atom stereocenters. The third kappa shape index (κ3) is 3.02. The molecular weight excluding hydrogens is 500 g/mol. The molecule has 0 spiro atoms. The quantitative estimate of drug-likeness (QED) is 0.318. The van der Waals surface area contributed by atoms with Gasteiger partial charge in [-0.2, -0.15) is 4.80 Å². The lowest BCUT2D eigenvalue weighted by Gasteiger charge is -2.60. The van der Waals surface area contributed by atoms with E-state index < -0.39 is 0 Å². The lowest BCUT2D eigenvalue weighted by atomic mass is 9.46. The Morgan fingerprint density at radius 3 is 2.66 bits per heavy atom. The molecule has 4 bridgehead atoms. The zero-order valence-corrected chi connectivity index (χ0v) is 22.0. The summed E-state index contributed by atoms with van der Waals surface area (Å²) in [6, 6.07) is 10.0. The number of rotatable bonds is 4. The van der Waals surface area contributed by atoms with Crippen LogP contribution in [0.3, 0.4) is 0 Å². The summed E-state index contributed by atoms with van der Waals surface area (Å²) in [6.45, 7) is 1.93. The molecule has 192 valence electrons. The highest BCUT2D eigenvalue weighted by Gasteiger charge is 2.61. The number of benzene rings is 1. The topological polar surface area (TPSA) is 113 Å². The van der Waals surface area contributed by atoms with Gasteiger partial charge in [0.25, 0.3) is 0 Å². The van der Waals surface area contributed by atoms with Crippen LogP contribution in [0.25, 0.3) is 27.3 Å². The van der Waals surface area contributed by atoms with Crippen molar-refractivity contribution in [2.75, 3.05) is 7.11 Å². The summed E-state index contributed by atoms with van der Waals surface area (Å²) in [5.74, 6) is 2.37. The van der Waals surface area contributed by atoms with Crippen molar-refractivity contribution < 1.29 is 9.53 Å². The van der Waals surface area contributed by atoms with Crippen LogP contribution in [-0.2, 0) is 15.7 Å². The largest absolute Gasteiger partial charge is 0.465 e. The Morgan fingerprint density at radius 1 is 1.11 bits per heavy atom. The molecule has 1 aromatic carbocycles. The summed E-state index contributed by atoms with van der Waals surface area (Å²) in [5.41, 5.74) is 2.26. The van der Waals surface area contributed by atoms with Gasteiger partial charge in [0.05, 0.1) is 18.0 Å². The number of fused-ring (bicyclic) bond motifs is 3. The molecule has 0 amide bonds. The van der Waals surface area contributed by atoms with E-state index in [-0.39, 0.29) is 16.9 Å². The highest BCUT2D eigenvalue weighted by molar-refractivity contribution is 7.20. The molecule has 4 heterocycles. The van der Waals surface area contributed by atoms with Crippen LogP contribution in [-0.4, -0.2) is 52.9 Å². The van der Waals surface area contributed by atoms with Gasteiger partial charge in [-0.3, -0.25) is 0 Å². The summed E-state index contributed by atoms with van der Waals surface area (Å²) in [5, 5.41) is 19.9. The zero-order chi connectivity index (χ0) is 25.6. The molecule has 4 aromatic heterocycles. The molecule has 38 heavy (non-hydrogen) atoms. The predicted octanol–water partition coefficient (Wildman–Crippen LogP) is 4.33. The SMILES string of the molecule is COC(=O)c1sc2ncn3nc(C45C[C@@H]6C[C@@H](C4)CC(n4nnc(-c7ccccc7)n4)(C6)C5)nc3c2c1C. The number of carbonyl (C=O) groups excluding carboxylic acids is 1. The number of ether oxygens (including phenoxy) is 1. The summed E-state index contributed by atoms with van der Waals surface area (Å²) in [6.07, 6.45) is 8.16. The average Bonchev–Trinajstić information content (AvgIpc) is 3.66. The van der Waals surface area contributed by atoms with Crippen molar-refractivity contribution in [3.05, 3.63) is 52.9 Å². The number of aromatic nitrogens is 8. The van der Waals surface area contributed by atoms with Gasteiger partial charge in [-0.15, -0.1) is 26.6 Å². The standard InChI is InChI=1S/C27H26N8O2S/c1-15-19-22-29-25(32-34(22)14-28-23(19)38-20(15)24(36)37-2)26-9-16-8-17(10-26)12-27(11-16,13-26)35-31-21(30-33-35)18-6-4-3-5-7-18/h3-7,14,16-17H,8-13H2,1-2H3/t16-,17-,26?,27?/m0/s1. The molecule has 5 aromatic rings. The fourth-order valence-electron chi connectivity index (χ4n) is 7.87. The molecule has 9 rings (SSSR count). The van der Waals surface area contributed by atoms with Crippen molar-refractivity contribution in [1.82, 2.24) is 39.8 Å². The monoisotopic (exact) mass is 526 g/mol. The Labute approximate surface area is 222 Å². The van der Waals surface area contributed by atoms with Gasteiger partial charge in [-0.05, 0) is 68.1 Å². The minimum absolute atomic E-state index is 0.141. The van der Waals surface area contributed by atoms with E-state index in [1.807, 2.05) is 42.1 Å². The van der Waals surface area contributed by atoms with E-state index in [0.717, 1.165) is 64.9 Å². The first kappa shape index (κ1) is 22.3. The summed E-state index contributed by atoms with van der Waals surface area (Å²) in [7, 11) is 1.40. The van der Waals surface area contributed by atoms with Crippen LogP contribution in [0.2, 0.25) is 0 Å². The van der Waals surface area contributed by atoms with E-state index in [4.69, 9.17) is 19.9 Å². The predicted molar refractivity (Wildman–Crippen MR) is 140 cm³/mol. The number of thiophene rings is 1. The minimum Gasteiger partial charge on any atom is -0.465 e. The van der Waals surface area contributed by atoms with Crippen LogP contribution in [0, 0.1) is 18.8 Å². The zero-order valence-electron chi connectivity index (χ0n) is 21.2. The highest BCUT2D eigenvalue weighted by atomic mass is 32.1. The van der Waals surface area contributed by atoms with Gasteiger partial charge in [0, 0.05) is 11.0 Å². The fourth-order valence-corrected chi connectivity index (χ4v) is 8.94. The van der Waals surface area contributed by atoms with Crippen LogP contribution >= 0.6 is 11.3 Å². The smallest absolute Gasteiger partial charge is 0.348 e. The first-order chi connectivity index (χ1) is 18.5. The number of nitrogens with zero attached hydrogens (tertiary/aromatic N) is 8. The van der Waals surface area contributed by atoms with Crippen LogP contribution < -0.4 is 0 Å². The first-order valence-corrected chi connectivity index (χ1v) is 13.9. The van der Waals surface area contributed by atoms with Crippen molar-refractivity contribution in [2.24, 2.45) is 11.8 Å². The van der Waals surface area contributed by atoms with E-state index in [9.17, 15) is 4.79 Å². The summed E-state index contributed by atoms with van der Waals surface area (Å²) >= 11 is 1.34. The molecule has 4 fully saturated rings. The van der Waals surface area contributed by atoms with E-state index in [2.05, 4.69) is 15.3 Å². The molecule has 0 saturated heterocycles. The van der Waals surface area contributed by atoms with Gasteiger partial charge in [0.15, 0.2) is 11.5 Å². The van der Waals surface area contributed by atoms with Gasteiger partial charge in [-0.1, -0.05) is 30.3 Å². The maximum Gasteiger partial charge on any atom is 0.348 e. The molecule has 0 unspecified atom stereocenters. The number of esters is 1. The molecule has 4 saturated carbocycles. The molecule has 0 radical (unpaired) electrons. The number of hydrogen-bond acceptors (Lipinski definition) is 9. The van der Waals surface area contributed by atoms with Crippen LogP contribution in [0.5, 0.6) is 0 Å². The molecule has 10 nitrogen and oxygen atoms in total. The number of methoxy groups -OCH3 is 1. The van der Waals surface area contributed by atoms with Crippen LogP contribution in [0.1, 0.15) is 59.6 Å². The van der Waals surface area contributed by atoms with E-state index in [0.29, 0.717) is 22.5 Å². The third-order valence-electron chi connectivity index (χ3n) is 9.01. The third-order valence-corrected chi connectivity index (χ3v) is 10.2. The molecule has 11 heteroatoms. The number of hydrogen-bond donors (Lipinski definition) is 0. The Balaban J connectivity index is 1.23. The summed E-state index contributed by atoms with van der Waals surface area (Å²) in [4.78, 5) is 25.4. The Hall–Kier alpha value is -3.73. The molecule has 4 aliphatic carbocycles. The molecule has 0 aliphatic heterocycles. The normalized spacial score (nSPS) is 27.9. The van der Waals surface area contributed by atoms with Gasteiger partial charge >= 0.3 is 5.97 Å². The molecule has 4 aliphatic rings.